The minimum Gasteiger partial charge on any atom is -0.496 e. The molecule has 0 aliphatic heterocycles. The third kappa shape index (κ3) is 3.31. The monoisotopic (exact) mass is 290 g/mol. The molecule has 0 saturated carbocycles. The smallest absolute Gasteiger partial charge is 0.157 e. The average Bonchev–Trinajstić information content (AvgIpc) is 2.52. The molecule has 0 spiro atoms. The van der Waals surface area contributed by atoms with Gasteiger partial charge in [0, 0.05) is 17.7 Å². The second kappa shape index (κ2) is 6.74. The van der Waals surface area contributed by atoms with Gasteiger partial charge >= 0.3 is 0 Å². The summed E-state index contributed by atoms with van der Waals surface area (Å²) < 4.78 is 29.3. The van der Waals surface area contributed by atoms with Gasteiger partial charge in [-0.2, -0.15) is 0 Å². The maximum atomic E-state index is 13.5. The first-order valence-corrected chi connectivity index (χ1v) is 6.27. The SMILES string of the molecule is COc1cc(OCc2ccccc2F)cc(OC)c1C=O. The van der Waals surface area contributed by atoms with Crippen molar-refractivity contribution in [2.45, 2.75) is 6.61 Å². The number of carbonyl (C=O) groups excluding carboxylic acids is 1. The summed E-state index contributed by atoms with van der Waals surface area (Å²) in [4.78, 5) is 11.1. The minimum atomic E-state index is -0.332. The van der Waals surface area contributed by atoms with E-state index in [0.29, 0.717) is 34.7 Å². The fourth-order valence-corrected chi connectivity index (χ4v) is 1.89. The molecule has 0 atom stereocenters. The predicted octanol–water partition coefficient (Wildman–Crippen LogP) is 3.23. The molecule has 0 N–H and O–H groups in total. The lowest BCUT2D eigenvalue weighted by atomic mass is 10.2. The molecule has 110 valence electrons. The fourth-order valence-electron chi connectivity index (χ4n) is 1.89. The Morgan fingerprint density at radius 2 is 1.71 bits per heavy atom. The quantitative estimate of drug-likeness (QED) is 0.766. The van der Waals surface area contributed by atoms with Crippen LogP contribution in [0.25, 0.3) is 0 Å². The van der Waals surface area contributed by atoms with Crippen LogP contribution in [0.3, 0.4) is 0 Å². The van der Waals surface area contributed by atoms with Crippen molar-refractivity contribution in [3.05, 3.63) is 53.3 Å². The maximum Gasteiger partial charge on any atom is 0.157 e. The zero-order chi connectivity index (χ0) is 15.2. The first kappa shape index (κ1) is 14.8. The van der Waals surface area contributed by atoms with Crippen LogP contribution >= 0.6 is 0 Å². The number of halogens is 1. The van der Waals surface area contributed by atoms with Crippen LogP contribution < -0.4 is 14.2 Å². The van der Waals surface area contributed by atoms with E-state index < -0.39 is 0 Å². The molecule has 0 amide bonds. The van der Waals surface area contributed by atoms with Crippen molar-refractivity contribution < 1.29 is 23.4 Å². The van der Waals surface area contributed by atoms with E-state index in [-0.39, 0.29) is 12.4 Å². The molecule has 0 unspecified atom stereocenters. The number of benzene rings is 2. The lowest BCUT2D eigenvalue weighted by Crippen LogP contribution is -2.01. The van der Waals surface area contributed by atoms with Crippen molar-refractivity contribution in [3.8, 4) is 17.2 Å². The summed E-state index contributed by atoms with van der Waals surface area (Å²) in [5.41, 5.74) is 0.744. The van der Waals surface area contributed by atoms with Crippen molar-refractivity contribution in [1.82, 2.24) is 0 Å². The van der Waals surface area contributed by atoms with Crippen LogP contribution in [0, 0.1) is 5.82 Å². The Morgan fingerprint density at radius 1 is 1.10 bits per heavy atom. The topological polar surface area (TPSA) is 44.8 Å². The molecule has 2 rings (SSSR count). The molecule has 5 heteroatoms. The molecule has 0 aliphatic rings. The van der Waals surface area contributed by atoms with E-state index in [2.05, 4.69) is 0 Å². The molecule has 4 nitrogen and oxygen atoms in total. The van der Waals surface area contributed by atoms with Gasteiger partial charge in [-0.25, -0.2) is 4.39 Å². The van der Waals surface area contributed by atoms with Gasteiger partial charge in [0.2, 0.25) is 0 Å². The van der Waals surface area contributed by atoms with Gasteiger partial charge in [0.1, 0.15) is 29.7 Å². The maximum absolute atomic E-state index is 13.5. The average molecular weight is 290 g/mol. The third-order valence-corrected chi connectivity index (χ3v) is 2.99. The second-order valence-corrected chi connectivity index (χ2v) is 4.24. The molecule has 0 saturated heterocycles. The lowest BCUT2D eigenvalue weighted by molar-refractivity contribution is 0.111. The molecule has 0 aliphatic carbocycles. The normalized spacial score (nSPS) is 10.0. The lowest BCUT2D eigenvalue weighted by Gasteiger charge is -2.13. The van der Waals surface area contributed by atoms with Crippen molar-refractivity contribution in [1.29, 1.82) is 0 Å². The van der Waals surface area contributed by atoms with Crippen molar-refractivity contribution in [2.75, 3.05) is 14.2 Å². The predicted molar refractivity (Wildman–Crippen MR) is 75.7 cm³/mol. The fraction of sp³-hybridized carbons (Fsp3) is 0.188. The van der Waals surface area contributed by atoms with E-state index in [4.69, 9.17) is 14.2 Å². The summed E-state index contributed by atoms with van der Waals surface area (Å²) in [6.07, 6.45) is 0.651. The van der Waals surface area contributed by atoms with E-state index >= 15 is 0 Å². The van der Waals surface area contributed by atoms with Crippen LogP contribution in [-0.4, -0.2) is 20.5 Å². The highest BCUT2D eigenvalue weighted by Gasteiger charge is 2.13. The molecule has 2 aromatic rings. The minimum absolute atomic E-state index is 0.0689. The van der Waals surface area contributed by atoms with E-state index in [9.17, 15) is 9.18 Å². The van der Waals surface area contributed by atoms with Gasteiger partial charge in [0.25, 0.3) is 0 Å². The van der Waals surface area contributed by atoms with Crippen LogP contribution in [0.5, 0.6) is 17.2 Å². The molecule has 0 bridgehead atoms. The number of hydrogen-bond acceptors (Lipinski definition) is 4. The number of rotatable bonds is 6. The second-order valence-electron chi connectivity index (χ2n) is 4.24. The molecule has 21 heavy (non-hydrogen) atoms. The Balaban J connectivity index is 2.24. The van der Waals surface area contributed by atoms with Crippen LogP contribution in [-0.2, 0) is 6.61 Å². The zero-order valence-electron chi connectivity index (χ0n) is 11.8. The van der Waals surface area contributed by atoms with E-state index in [0.717, 1.165) is 0 Å². The van der Waals surface area contributed by atoms with E-state index in [1.807, 2.05) is 0 Å². The number of carbonyl (C=O) groups is 1. The van der Waals surface area contributed by atoms with Gasteiger partial charge < -0.3 is 14.2 Å². The molecule has 0 radical (unpaired) electrons. The summed E-state index contributed by atoms with van der Waals surface area (Å²) in [7, 11) is 2.89. The van der Waals surface area contributed by atoms with Gasteiger partial charge in [0.15, 0.2) is 6.29 Å². The summed E-state index contributed by atoms with van der Waals surface area (Å²) in [6.45, 7) is 0.0689. The number of hydrogen-bond donors (Lipinski definition) is 0. The highest BCUT2D eigenvalue weighted by atomic mass is 19.1. The van der Waals surface area contributed by atoms with Crippen molar-refractivity contribution in [3.63, 3.8) is 0 Å². The van der Waals surface area contributed by atoms with E-state index in [1.165, 1.54) is 20.3 Å². The van der Waals surface area contributed by atoms with Crippen molar-refractivity contribution in [2.24, 2.45) is 0 Å². The Labute approximate surface area is 122 Å². The number of aldehydes is 1. The molecule has 0 fully saturated rings. The Hall–Kier alpha value is -2.56. The largest absolute Gasteiger partial charge is 0.496 e. The zero-order valence-corrected chi connectivity index (χ0v) is 11.8. The van der Waals surface area contributed by atoms with Gasteiger partial charge in [-0.15, -0.1) is 0 Å². The summed E-state index contributed by atoms with van der Waals surface area (Å²) in [5, 5.41) is 0. The van der Waals surface area contributed by atoms with E-state index in [1.54, 1.807) is 30.3 Å². The first-order chi connectivity index (χ1) is 10.2. The van der Waals surface area contributed by atoms with Crippen molar-refractivity contribution >= 4 is 6.29 Å². The van der Waals surface area contributed by atoms with Crippen LogP contribution in [0.4, 0.5) is 4.39 Å². The first-order valence-electron chi connectivity index (χ1n) is 6.27. The van der Waals surface area contributed by atoms with Crippen LogP contribution in [0.2, 0.25) is 0 Å². The van der Waals surface area contributed by atoms with Gasteiger partial charge in [0.05, 0.1) is 19.8 Å². The summed E-state index contributed by atoms with van der Waals surface area (Å²) in [6, 6.07) is 9.49. The molecular formula is C16H15FO4. The number of ether oxygens (including phenoxy) is 3. The Morgan fingerprint density at radius 3 is 2.24 bits per heavy atom. The van der Waals surface area contributed by atoms with Crippen LogP contribution in [0.15, 0.2) is 36.4 Å². The standard InChI is InChI=1S/C16H15FO4/c1-19-15-7-12(8-16(20-2)13(15)9-18)21-10-11-5-3-4-6-14(11)17/h3-9H,10H2,1-2H3. The number of methoxy groups -OCH3 is 2. The van der Waals surface area contributed by atoms with Gasteiger partial charge in [-0.1, -0.05) is 18.2 Å². The van der Waals surface area contributed by atoms with Crippen LogP contribution in [0.1, 0.15) is 15.9 Å². The summed E-state index contributed by atoms with van der Waals surface area (Å²) >= 11 is 0. The summed E-state index contributed by atoms with van der Waals surface area (Å²) in [5.74, 6) is 0.777. The Kier molecular flexibility index (Phi) is 4.77. The molecule has 0 heterocycles. The van der Waals surface area contributed by atoms with Gasteiger partial charge in [-0.05, 0) is 6.07 Å². The Bertz CT molecular complexity index is 615. The molecular weight excluding hydrogens is 275 g/mol. The highest BCUT2D eigenvalue weighted by Crippen LogP contribution is 2.33. The molecule has 2 aromatic carbocycles. The van der Waals surface area contributed by atoms with Gasteiger partial charge in [-0.3, -0.25) is 4.79 Å². The third-order valence-electron chi connectivity index (χ3n) is 2.99. The molecule has 0 aromatic heterocycles. The highest BCUT2D eigenvalue weighted by molar-refractivity contribution is 5.84.